The van der Waals surface area contributed by atoms with Gasteiger partial charge in [-0.2, -0.15) is 0 Å². The number of H-pyrrole nitrogens is 1. The molecule has 2 N–H and O–H groups in total. The van der Waals surface area contributed by atoms with E-state index in [0.717, 1.165) is 4.90 Å². The molecule has 7 nitrogen and oxygen atoms in total. The molecule has 1 aromatic heterocycles. The van der Waals surface area contributed by atoms with Gasteiger partial charge in [0.25, 0.3) is 5.91 Å². The lowest BCUT2D eigenvalue weighted by Gasteiger charge is -2.22. The molecule has 0 unspecified atom stereocenters. The Hall–Kier alpha value is -2.15. The van der Waals surface area contributed by atoms with Crippen LogP contribution in [0.2, 0.25) is 0 Å². The molecule has 0 aliphatic carbocycles. The van der Waals surface area contributed by atoms with E-state index < -0.39 is 23.9 Å². The maximum absolute atomic E-state index is 12.1. The van der Waals surface area contributed by atoms with Gasteiger partial charge in [-0.15, -0.1) is 0 Å². The van der Waals surface area contributed by atoms with Crippen LogP contribution in [0, 0.1) is 0 Å². The van der Waals surface area contributed by atoms with Crippen LogP contribution < -0.4 is 5.43 Å². The molecule has 1 heterocycles. The lowest BCUT2D eigenvalue weighted by Crippen LogP contribution is -2.41. The van der Waals surface area contributed by atoms with Crippen molar-refractivity contribution in [3.63, 3.8) is 0 Å². The van der Waals surface area contributed by atoms with E-state index >= 15 is 0 Å². The van der Waals surface area contributed by atoms with Crippen LogP contribution in [-0.4, -0.2) is 65.5 Å². The number of hydrogen-bond donors (Lipinski definition) is 2. The highest BCUT2D eigenvalue weighted by Gasteiger charge is 2.20. The number of nitrogens with one attached hydrogen (secondary N) is 1. The summed E-state index contributed by atoms with van der Waals surface area (Å²) in [5.41, 5.74) is -0.480. The molecule has 0 spiro atoms. The summed E-state index contributed by atoms with van der Waals surface area (Å²) in [5.74, 6) is -1.69. The van der Waals surface area contributed by atoms with Gasteiger partial charge in [0.1, 0.15) is 12.1 Å². The molecule has 0 bridgehead atoms. The number of hydrogen-bond acceptors (Lipinski definition) is 4. The summed E-state index contributed by atoms with van der Waals surface area (Å²) < 4.78 is 0. The summed E-state index contributed by atoms with van der Waals surface area (Å²) in [6.07, 6.45) is 2.70. The van der Waals surface area contributed by atoms with Crippen molar-refractivity contribution < 1.29 is 14.7 Å². The van der Waals surface area contributed by atoms with Crippen LogP contribution in [0.25, 0.3) is 0 Å². The third-order valence-corrected chi connectivity index (χ3v) is 2.48. The van der Waals surface area contributed by atoms with Crippen LogP contribution in [0.5, 0.6) is 0 Å². The number of carbonyl (C=O) groups is 2. The first kappa shape index (κ1) is 14.9. The lowest BCUT2D eigenvalue weighted by molar-refractivity contribution is -0.137. The quantitative estimate of drug-likeness (QED) is 0.722. The first-order valence-corrected chi connectivity index (χ1v) is 5.74. The predicted octanol–water partition coefficient (Wildman–Crippen LogP) is -0.537. The first-order valence-electron chi connectivity index (χ1n) is 5.74. The maximum Gasteiger partial charge on any atom is 0.323 e. The summed E-state index contributed by atoms with van der Waals surface area (Å²) in [7, 11) is 3.64. The smallest absolute Gasteiger partial charge is 0.323 e. The van der Waals surface area contributed by atoms with Crippen LogP contribution >= 0.6 is 0 Å². The molecule has 104 valence electrons. The van der Waals surface area contributed by atoms with Gasteiger partial charge in [0.15, 0.2) is 5.43 Å². The number of pyridine rings is 1. The Morgan fingerprint density at radius 3 is 2.53 bits per heavy atom. The zero-order chi connectivity index (χ0) is 14.4. The van der Waals surface area contributed by atoms with Crippen LogP contribution in [0.3, 0.4) is 0 Å². The third-order valence-electron chi connectivity index (χ3n) is 2.48. The molecule has 0 radical (unpaired) electrons. The molecule has 0 saturated heterocycles. The van der Waals surface area contributed by atoms with Crippen LogP contribution in [0.15, 0.2) is 23.3 Å². The van der Waals surface area contributed by atoms with Gasteiger partial charge in [-0.05, 0) is 14.1 Å². The number of aromatic amines is 1. The Balaban J connectivity index is 2.90. The highest BCUT2D eigenvalue weighted by molar-refractivity contribution is 5.95. The van der Waals surface area contributed by atoms with Crippen molar-refractivity contribution in [3.8, 4) is 0 Å². The summed E-state index contributed by atoms with van der Waals surface area (Å²) in [6, 6.07) is 1.23. The van der Waals surface area contributed by atoms with E-state index in [1.807, 2.05) is 19.0 Å². The number of aliphatic carboxylic acids is 1. The molecule has 0 atom stereocenters. The minimum atomic E-state index is -1.11. The number of carbonyl (C=O) groups excluding carboxylic acids is 1. The molecular formula is C12H17N3O4. The van der Waals surface area contributed by atoms with Gasteiger partial charge in [0, 0.05) is 31.5 Å². The largest absolute Gasteiger partial charge is 0.480 e. The topological polar surface area (TPSA) is 93.7 Å². The average molecular weight is 267 g/mol. The van der Waals surface area contributed by atoms with Crippen LogP contribution in [0.1, 0.15) is 10.4 Å². The van der Waals surface area contributed by atoms with E-state index in [9.17, 15) is 14.4 Å². The van der Waals surface area contributed by atoms with Gasteiger partial charge in [-0.1, -0.05) is 0 Å². The third kappa shape index (κ3) is 4.55. The fourth-order valence-corrected chi connectivity index (χ4v) is 1.49. The van der Waals surface area contributed by atoms with Crippen molar-refractivity contribution in [1.29, 1.82) is 0 Å². The van der Waals surface area contributed by atoms with Crippen molar-refractivity contribution in [2.24, 2.45) is 0 Å². The van der Waals surface area contributed by atoms with E-state index in [2.05, 4.69) is 4.98 Å². The molecular weight excluding hydrogens is 250 g/mol. The van der Waals surface area contributed by atoms with Gasteiger partial charge in [-0.3, -0.25) is 14.4 Å². The van der Waals surface area contributed by atoms with Gasteiger partial charge in [-0.25, -0.2) is 0 Å². The zero-order valence-electron chi connectivity index (χ0n) is 10.9. The highest BCUT2D eigenvalue weighted by atomic mass is 16.4. The molecule has 1 amide bonds. The van der Waals surface area contributed by atoms with E-state index in [-0.39, 0.29) is 12.1 Å². The zero-order valence-corrected chi connectivity index (χ0v) is 10.9. The molecule has 0 saturated carbocycles. The molecule has 0 aromatic carbocycles. The summed E-state index contributed by atoms with van der Waals surface area (Å²) in [5, 5.41) is 8.82. The number of nitrogens with zero attached hydrogens (tertiary/aromatic N) is 2. The molecule has 0 aliphatic heterocycles. The number of carboxylic acid groups (broad SMARTS) is 1. The Labute approximate surface area is 110 Å². The van der Waals surface area contributed by atoms with Crippen molar-refractivity contribution in [2.75, 3.05) is 33.7 Å². The van der Waals surface area contributed by atoms with Crippen molar-refractivity contribution in [3.05, 3.63) is 34.2 Å². The summed E-state index contributed by atoms with van der Waals surface area (Å²) >= 11 is 0. The van der Waals surface area contributed by atoms with Crippen molar-refractivity contribution in [2.45, 2.75) is 0 Å². The molecule has 1 aromatic rings. The molecule has 0 aliphatic rings. The SMILES string of the molecule is CN(C)CCN(CC(=O)O)C(=O)c1c[nH]ccc1=O. The second-order valence-electron chi connectivity index (χ2n) is 4.35. The minimum Gasteiger partial charge on any atom is -0.480 e. The number of rotatable bonds is 6. The first-order chi connectivity index (χ1) is 8.91. The Bertz CT molecular complexity index is 510. The summed E-state index contributed by atoms with van der Waals surface area (Å²) in [6.45, 7) is 0.331. The van der Waals surface area contributed by atoms with E-state index in [1.54, 1.807) is 0 Å². The normalized spacial score (nSPS) is 10.5. The Morgan fingerprint density at radius 1 is 1.32 bits per heavy atom. The number of likely N-dealkylation sites (N-methyl/N-ethyl adjacent to an activating group) is 1. The lowest BCUT2D eigenvalue weighted by atomic mass is 10.2. The average Bonchev–Trinajstić information content (AvgIpc) is 2.33. The molecule has 1 rings (SSSR count). The van der Waals surface area contributed by atoms with Gasteiger partial charge >= 0.3 is 5.97 Å². The Morgan fingerprint density at radius 2 is 2.00 bits per heavy atom. The monoisotopic (exact) mass is 267 g/mol. The standard InChI is InChI=1S/C12H17N3O4/c1-14(2)5-6-15(8-11(17)18)12(19)9-7-13-4-3-10(9)16/h3-4,7H,5-6,8H2,1-2H3,(H,13,16)(H,17,18). The predicted molar refractivity (Wildman–Crippen MR) is 69.2 cm³/mol. The number of aromatic nitrogens is 1. The van der Waals surface area contributed by atoms with Crippen LogP contribution in [0.4, 0.5) is 0 Å². The molecule has 7 heteroatoms. The minimum absolute atomic E-state index is 0.0532. The van der Waals surface area contributed by atoms with Gasteiger partial charge in [0.05, 0.1) is 0 Å². The second-order valence-corrected chi connectivity index (χ2v) is 4.35. The number of carboxylic acids is 1. The van der Waals surface area contributed by atoms with Gasteiger partial charge < -0.3 is 19.9 Å². The van der Waals surface area contributed by atoms with Crippen LogP contribution in [-0.2, 0) is 4.79 Å². The molecule has 19 heavy (non-hydrogen) atoms. The van der Waals surface area contributed by atoms with E-state index in [0.29, 0.717) is 6.54 Å². The van der Waals surface area contributed by atoms with Crippen molar-refractivity contribution in [1.82, 2.24) is 14.8 Å². The molecule has 0 fully saturated rings. The van der Waals surface area contributed by atoms with E-state index in [4.69, 9.17) is 5.11 Å². The second kappa shape index (κ2) is 6.69. The highest BCUT2D eigenvalue weighted by Crippen LogP contribution is 1.99. The summed E-state index contributed by atoms with van der Waals surface area (Å²) in [4.78, 5) is 40.1. The Kier molecular flexibility index (Phi) is 5.25. The van der Waals surface area contributed by atoms with Crippen molar-refractivity contribution >= 4 is 11.9 Å². The fraction of sp³-hybridized carbons (Fsp3) is 0.417. The van der Waals surface area contributed by atoms with E-state index in [1.165, 1.54) is 18.5 Å². The maximum atomic E-state index is 12.1. The van der Waals surface area contributed by atoms with Gasteiger partial charge in [0.2, 0.25) is 0 Å². The number of amides is 1. The fourth-order valence-electron chi connectivity index (χ4n) is 1.49.